The standard InChI is InChI=1S/C32H42O10/c1-14-12-23(41-28(37)15(14)2)31(7,38)26-20(39-16(3)33)13-19-24-18(10-11-29(19,26)5)30(6)21(35)8-9-22(36)32(30)27(42-32)25(24)40-17(4)34/h8-9,18-20,22-27,36,38H,10-13H2,1-7H3/t18-,19-,20+,22-,23+,24-,25+,26-,27+,29-,30-,31-,32+/m0/s1. The van der Waals surface area contributed by atoms with Crippen molar-refractivity contribution in [3.8, 4) is 0 Å². The Morgan fingerprint density at radius 1 is 1.10 bits per heavy atom. The quantitative estimate of drug-likeness (QED) is 0.286. The number of hydrogen-bond donors (Lipinski definition) is 2. The van der Waals surface area contributed by atoms with Gasteiger partial charge in [-0.25, -0.2) is 4.79 Å². The van der Waals surface area contributed by atoms with Crippen LogP contribution in [-0.2, 0) is 38.1 Å². The van der Waals surface area contributed by atoms with Gasteiger partial charge in [-0.3, -0.25) is 14.4 Å². The van der Waals surface area contributed by atoms with Crippen LogP contribution in [-0.4, -0.2) is 75.6 Å². The van der Waals surface area contributed by atoms with Crippen LogP contribution < -0.4 is 0 Å². The van der Waals surface area contributed by atoms with Gasteiger partial charge in [-0.2, -0.15) is 0 Å². The fraction of sp³-hybridized carbons (Fsp3) is 0.750. The minimum absolute atomic E-state index is 0.125. The van der Waals surface area contributed by atoms with Gasteiger partial charge >= 0.3 is 17.9 Å². The molecule has 2 aliphatic heterocycles. The molecule has 2 N–H and O–H groups in total. The number of ketones is 1. The topological polar surface area (TPSA) is 149 Å². The highest BCUT2D eigenvalue weighted by Gasteiger charge is 2.84. The van der Waals surface area contributed by atoms with Crippen molar-refractivity contribution < 1.29 is 48.3 Å². The highest BCUT2D eigenvalue weighted by atomic mass is 16.7. The van der Waals surface area contributed by atoms with Crippen molar-refractivity contribution >= 4 is 23.7 Å². The van der Waals surface area contributed by atoms with E-state index in [9.17, 15) is 29.4 Å². The summed E-state index contributed by atoms with van der Waals surface area (Å²) in [6.07, 6.45) is 0.737. The van der Waals surface area contributed by atoms with Crippen LogP contribution in [0.3, 0.4) is 0 Å². The van der Waals surface area contributed by atoms with Crippen molar-refractivity contribution in [1.82, 2.24) is 0 Å². The first-order valence-electron chi connectivity index (χ1n) is 15.0. The van der Waals surface area contributed by atoms with Crippen molar-refractivity contribution in [2.75, 3.05) is 0 Å². The molecule has 3 saturated carbocycles. The maximum absolute atomic E-state index is 13.7. The van der Waals surface area contributed by atoms with Gasteiger partial charge in [-0.05, 0) is 76.4 Å². The summed E-state index contributed by atoms with van der Waals surface area (Å²) in [5.41, 5.74) is -3.07. The molecule has 0 aromatic heterocycles. The van der Waals surface area contributed by atoms with Crippen LogP contribution in [0.4, 0.5) is 0 Å². The largest absolute Gasteiger partial charge is 0.462 e. The van der Waals surface area contributed by atoms with Crippen molar-refractivity contribution in [3.63, 3.8) is 0 Å². The Hall–Kier alpha value is -2.56. The lowest BCUT2D eigenvalue weighted by atomic mass is 9.43. The number of esters is 3. The van der Waals surface area contributed by atoms with Crippen molar-refractivity contribution in [2.45, 2.75) is 116 Å². The molecule has 230 valence electrons. The molecule has 0 bridgehead atoms. The minimum atomic E-state index is -1.57. The Labute approximate surface area is 245 Å². The number of cyclic esters (lactones) is 1. The predicted octanol–water partition coefficient (Wildman–Crippen LogP) is 2.58. The van der Waals surface area contributed by atoms with Gasteiger partial charge in [0, 0.05) is 37.7 Å². The van der Waals surface area contributed by atoms with Gasteiger partial charge in [0.25, 0.3) is 0 Å². The fourth-order valence-electron chi connectivity index (χ4n) is 10.2. The number of aliphatic hydroxyl groups is 2. The summed E-state index contributed by atoms with van der Waals surface area (Å²) < 4.78 is 23.9. The Morgan fingerprint density at radius 3 is 2.38 bits per heavy atom. The Kier molecular flexibility index (Phi) is 6.48. The van der Waals surface area contributed by atoms with E-state index in [2.05, 4.69) is 6.92 Å². The average molecular weight is 587 g/mol. The first-order chi connectivity index (χ1) is 19.5. The molecule has 13 atom stereocenters. The molecule has 1 saturated heterocycles. The van der Waals surface area contributed by atoms with Gasteiger partial charge in [-0.15, -0.1) is 0 Å². The van der Waals surface area contributed by atoms with Gasteiger partial charge in [0.05, 0.1) is 5.41 Å². The SMILES string of the molecule is CC(=O)O[C@@H]1[C@@H]2[C@@H]3C[C@@H](OC(C)=O)[C@H]([C@@](C)(O)[C@H]4CC(C)=C(C)C(=O)O4)[C@@]3(C)CC[C@@H]2[C@@]2(C)C(=O)C=C[C@H](O)[C@]23O[C@H]13. The van der Waals surface area contributed by atoms with Crippen LogP contribution in [0.25, 0.3) is 0 Å². The van der Waals surface area contributed by atoms with Crippen molar-refractivity contribution in [3.05, 3.63) is 23.3 Å². The predicted molar refractivity (Wildman–Crippen MR) is 146 cm³/mol. The molecule has 6 aliphatic rings. The molecule has 42 heavy (non-hydrogen) atoms. The number of carbonyl (C=O) groups excluding carboxylic acids is 4. The van der Waals surface area contributed by atoms with Crippen LogP contribution in [0.5, 0.6) is 0 Å². The molecule has 4 fully saturated rings. The molecular weight excluding hydrogens is 544 g/mol. The molecule has 4 aliphatic carbocycles. The van der Waals surface area contributed by atoms with Gasteiger partial charge < -0.3 is 29.2 Å². The number of epoxide rings is 1. The number of carbonyl (C=O) groups is 4. The number of rotatable bonds is 4. The van der Waals surface area contributed by atoms with Crippen LogP contribution in [0.15, 0.2) is 23.3 Å². The molecular formula is C32H42O10. The van der Waals surface area contributed by atoms with Crippen LogP contribution >= 0.6 is 0 Å². The summed E-state index contributed by atoms with van der Waals surface area (Å²) in [5.74, 6) is -3.10. The third-order valence-electron chi connectivity index (χ3n) is 12.2. The zero-order chi connectivity index (χ0) is 30.7. The molecule has 6 rings (SSSR count). The van der Waals surface area contributed by atoms with E-state index < -0.39 is 76.4 Å². The summed E-state index contributed by atoms with van der Waals surface area (Å²) in [6.45, 7) is 11.8. The van der Waals surface area contributed by atoms with E-state index in [1.807, 2.05) is 13.8 Å². The molecule has 0 unspecified atom stereocenters. The second kappa shape index (κ2) is 9.22. The average Bonchev–Trinajstić information content (AvgIpc) is 3.58. The van der Waals surface area contributed by atoms with Crippen LogP contribution in [0, 0.1) is 34.5 Å². The van der Waals surface area contributed by atoms with Gasteiger partial charge in [0.2, 0.25) is 0 Å². The number of aliphatic hydroxyl groups excluding tert-OH is 1. The maximum atomic E-state index is 13.7. The summed E-state index contributed by atoms with van der Waals surface area (Å²) in [7, 11) is 0. The first kappa shape index (κ1) is 29.5. The third kappa shape index (κ3) is 3.67. The molecule has 0 amide bonds. The van der Waals surface area contributed by atoms with Crippen LogP contribution in [0.1, 0.15) is 74.1 Å². The molecule has 0 aromatic rings. The summed E-state index contributed by atoms with van der Waals surface area (Å²) in [5, 5.41) is 23.5. The van der Waals surface area contributed by atoms with Gasteiger partial charge in [0.1, 0.15) is 41.7 Å². The number of hydrogen-bond acceptors (Lipinski definition) is 10. The monoisotopic (exact) mass is 586 g/mol. The minimum Gasteiger partial charge on any atom is -0.462 e. The highest BCUT2D eigenvalue weighted by Crippen LogP contribution is 2.74. The lowest BCUT2D eigenvalue weighted by Gasteiger charge is -2.60. The second-order valence-corrected chi connectivity index (χ2v) is 14.2. The normalized spacial score (nSPS) is 48.6. The van der Waals surface area contributed by atoms with E-state index in [0.29, 0.717) is 31.3 Å². The summed E-state index contributed by atoms with van der Waals surface area (Å²) in [4.78, 5) is 51.2. The van der Waals surface area contributed by atoms with E-state index in [0.717, 1.165) is 5.57 Å². The second-order valence-electron chi connectivity index (χ2n) is 14.2. The van der Waals surface area contributed by atoms with E-state index in [4.69, 9.17) is 18.9 Å². The molecule has 0 radical (unpaired) electrons. The lowest BCUT2D eigenvalue weighted by molar-refractivity contribution is -0.204. The van der Waals surface area contributed by atoms with Crippen molar-refractivity contribution in [2.24, 2.45) is 34.5 Å². The third-order valence-corrected chi connectivity index (χ3v) is 12.2. The Bertz CT molecular complexity index is 1310. The maximum Gasteiger partial charge on any atom is 0.334 e. The zero-order valence-electron chi connectivity index (χ0n) is 25.3. The highest BCUT2D eigenvalue weighted by molar-refractivity contribution is 5.98. The smallest absolute Gasteiger partial charge is 0.334 e. The van der Waals surface area contributed by atoms with E-state index in [1.54, 1.807) is 13.8 Å². The lowest BCUT2D eigenvalue weighted by Crippen LogP contribution is -2.68. The van der Waals surface area contributed by atoms with Gasteiger partial charge in [-0.1, -0.05) is 12.5 Å². The zero-order valence-corrected chi connectivity index (χ0v) is 25.3. The Morgan fingerprint density at radius 2 is 1.76 bits per heavy atom. The summed E-state index contributed by atoms with van der Waals surface area (Å²) >= 11 is 0. The van der Waals surface area contributed by atoms with E-state index in [-0.39, 0.29) is 23.5 Å². The fourth-order valence-corrected chi connectivity index (χ4v) is 10.2. The van der Waals surface area contributed by atoms with Crippen LogP contribution in [0.2, 0.25) is 0 Å². The molecule has 2 heterocycles. The first-order valence-corrected chi connectivity index (χ1v) is 15.0. The van der Waals surface area contributed by atoms with Crippen molar-refractivity contribution in [1.29, 1.82) is 0 Å². The van der Waals surface area contributed by atoms with Gasteiger partial charge in [0.15, 0.2) is 5.78 Å². The molecule has 10 heteroatoms. The molecule has 1 spiro atoms. The molecule has 10 nitrogen and oxygen atoms in total. The van der Waals surface area contributed by atoms with E-state index in [1.165, 1.54) is 26.0 Å². The molecule has 0 aromatic carbocycles. The Balaban J connectivity index is 1.45. The number of ether oxygens (including phenoxy) is 4. The summed E-state index contributed by atoms with van der Waals surface area (Å²) in [6, 6.07) is 0. The van der Waals surface area contributed by atoms with E-state index >= 15 is 0 Å². The number of allylic oxidation sites excluding steroid dienone is 1. The number of fused-ring (bicyclic) bond motifs is 4.